The molecule has 0 aliphatic carbocycles. The van der Waals surface area contributed by atoms with Gasteiger partial charge < -0.3 is 19.1 Å². The second kappa shape index (κ2) is 13.7. The van der Waals surface area contributed by atoms with Crippen LogP contribution in [0.1, 0.15) is 43.0 Å². The van der Waals surface area contributed by atoms with Crippen LogP contribution in [-0.2, 0) is 26.5 Å². The van der Waals surface area contributed by atoms with E-state index in [1.165, 1.54) is 27.8 Å². The zero-order valence-electron chi connectivity index (χ0n) is 30.4. The largest absolute Gasteiger partial charge is 0.510 e. The summed E-state index contributed by atoms with van der Waals surface area (Å²) in [6, 6.07) is 36.7. The summed E-state index contributed by atoms with van der Waals surface area (Å²) in [5.74, 6) is 2.02. The van der Waals surface area contributed by atoms with E-state index >= 15 is 0 Å². The first-order valence-electron chi connectivity index (χ1n) is 17.3. The maximum Gasteiger partial charge on any atom is 0.135 e. The molecule has 8 rings (SSSR count). The van der Waals surface area contributed by atoms with Gasteiger partial charge in [0.2, 0.25) is 0 Å². The Balaban J connectivity index is 0.00000420. The second-order valence-electron chi connectivity index (χ2n) is 14.5. The van der Waals surface area contributed by atoms with Crippen LogP contribution in [0.25, 0.3) is 50.0 Å². The van der Waals surface area contributed by atoms with Crippen molar-refractivity contribution in [2.45, 2.75) is 47.0 Å². The number of aromatic nitrogens is 3. The van der Waals surface area contributed by atoms with Gasteiger partial charge in [-0.1, -0.05) is 68.2 Å². The zero-order valence-corrected chi connectivity index (χ0v) is 32.7. The first-order valence-corrected chi connectivity index (χ1v) is 17.3. The van der Waals surface area contributed by atoms with E-state index < -0.39 is 0 Å². The Kier molecular flexibility index (Phi) is 9.31. The van der Waals surface area contributed by atoms with Crippen molar-refractivity contribution in [1.29, 1.82) is 0 Å². The van der Waals surface area contributed by atoms with Crippen LogP contribution in [0.15, 0.2) is 110 Å². The van der Waals surface area contributed by atoms with Crippen LogP contribution in [0, 0.1) is 39.6 Å². The minimum Gasteiger partial charge on any atom is -0.510 e. The van der Waals surface area contributed by atoms with E-state index in [2.05, 4.69) is 130 Å². The molecule has 7 heteroatoms. The SMILES string of the molecule is Cc1cc(C)c(-c2cc(Oc3[c-]c4c(cc3)c3cccc(-c5ccccn5)c3n4-c3cc(C(C)(C)C)ccn3)[c-]c(N3C=CN(C)[CH-]3)c2)c(C)c1.[Pt]. The summed E-state index contributed by atoms with van der Waals surface area (Å²) < 4.78 is 8.93. The molecule has 0 saturated heterocycles. The van der Waals surface area contributed by atoms with Crippen molar-refractivity contribution >= 4 is 27.5 Å². The topological polar surface area (TPSA) is 46.4 Å². The van der Waals surface area contributed by atoms with Crippen molar-refractivity contribution < 1.29 is 25.8 Å². The molecule has 3 aromatic heterocycles. The van der Waals surface area contributed by atoms with Crippen LogP contribution < -0.4 is 9.64 Å². The maximum absolute atomic E-state index is 6.72. The summed E-state index contributed by atoms with van der Waals surface area (Å²) in [6.45, 7) is 15.2. The van der Waals surface area contributed by atoms with Gasteiger partial charge in [0.05, 0.1) is 11.2 Å². The Morgan fingerprint density at radius 3 is 2.27 bits per heavy atom. The molecule has 0 bridgehead atoms. The number of hydrogen-bond donors (Lipinski definition) is 0. The van der Waals surface area contributed by atoms with Gasteiger partial charge in [0, 0.05) is 50.5 Å². The number of ether oxygens (including phenoxy) is 1. The van der Waals surface area contributed by atoms with Crippen LogP contribution >= 0.6 is 0 Å². The van der Waals surface area contributed by atoms with Gasteiger partial charge in [0.25, 0.3) is 0 Å². The molecular weight excluding hydrogens is 822 g/mol. The van der Waals surface area contributed by atoms with Gasteiger partial charge in [-0.2, -0.15) is 12.7 Å². The number of rotatable bonds is 6. The molecule has 7 aromatic rings. The van der Waals surface area contributed by atoms with Gasteiger partial charge in [0.15, 0.2) is 0 Å². The molecule has 52 heavy (non-hydrogen) atoms. The van der Waals surface area contributed by atoms with Crippen molar-refractivity contribution in [3.05, 3.63) is 151 Å². The number of aryl methyl sites for hydroxylation is 3. The zero-order chi connectivity index (χ0) is 35.4. The van der Waals surface area contributed by atoms with Crippen LogP contribution in [0.4, 0.5) is 5.69 Å². The Hall–Kier alpha value is -5.19. The molecule has 0 saturated carbocycles. The van der Waals surface area contributed by atoms with Crippen LogP contribution in [0.2, 0.25) is 0 Å². The molecule has 6 nitrogen and oxygen atoms in total. The summed E-state index contributed by atoms with van der Waals surface area (Å²) in [5.41, 5.74) is 11.8. The monoisotopic (exact) mass is 861 g/mol. The number of pyridine rings is 2. The summed E-state index contributed by atoms with van der Waals surface area (Å²) in [6.07, 6.45) is 7.79. The molecule has 4 heterocycles. The molecule has 1 aliphatic rings. The first-order chi connectivity index (χ1) is 24.5. The van der Waals surface area contributed by atoms with Gasteiger partial charge in [-0.3, -0.25) is 4.98 Å². The molecule has 0 atom stereocenters. The number of hydrogen-bond acceptors (Lipinski definition) is 5. The van der Waals surface area contributed by atoms with Crippen molar-refractivity contribution in [3.8, 4) is 39.7 Å². The molecule has 0 fully saturated rings. The van der Waals surface area contributed by atoms with E-state index in [9.17, 15) is 0 Å². The van der Waals surface area contributed by atoms with Gasteiger partial charge in [-0.25, -0.2) is 4.98 Å². The minimum atomic E-state index is -0.0538. The third kappa shape index (κ3) is 6.52. The minimum absolute atomic E-state index is 0. The van der Waals surface area contributed by atoms with E-state index in [4.69, 9.17) is 14.7 Å². The van der Waals surface area contributed by atoms with Gasteiger partial charge in [-0.05, 0) is 97.5 Å². The predicted octanol–water partition coefficient (Wildman–Crippen LogP) is 10.9. The fraction of sp³-hybridized carbons (Fsp3) is 0.178. The molecule has 0 radical (unpaired) electrons. The second-order valence-corrected chi connectivity index (χ2v) is 14.5. The predicted molar refractivity (Wildman–Crippen MR) is 208 cm³/mol. The van der Waals surface area contributed by atoms with Gasteiger partial charge in [0.1, 0.15) is 5.82 Å². The van der Waals surface area contributed by atoms with Crippen molar-refractivity contribution in [3.63, 3.8) is 0 Å². The van der Waals surface area contributed by atoms with E-state index in [1.54, 1.807) is 0 Å². The fourth-order valence-corrected chi connectivity index (χ4v) is 7.21. The average molecular weight is 862 g/mol. The molecule has 0 amide bonds. The quantitative estimate of drug-likeness (QED) is 0.156. The summed E-state index contributed by atoms with van der Waals surface area (Å²) >= 11 is 0. The maximum atomic E-state index is 6.72. The summed E-state index contributed by atoms with van der Waals surface area (Å²) in [7, 11) is 2.01. The Labute approximate surface area is 320 Å². The summed E-state index contributed by atoms with van der Waals surface area (Å²) in [4.78, 5) is 13.8. The van der Waals surface area contributed by atoms with E-state index in [0.717, 1.165) is 50.1 Å². The van der Waals surface area contributed by atoms with E-state index in [-0.39, 0.29) is 26.5 Å². The number of anilines is 1. The van der Waals surface area contributed by atoms with Crippen molar-refractivity contribution in [2.75, 3.05) is 11.9 Å². The molecule has 0 N–H and O–H groups in total. The molecule has 1 aliphatic heterocycles. The smallest absolute Gasteiger partial charge is 0.135 e. The van der Waals surface area contributed by atoms with Crippen LogP contribution in [0.3, 0.4) is 0 Å². The Bertz CT molecular complexity index is 2450. The third-order valence-corrected chi connectivity index (χ3v) is 9.52. The number of fused-ring (bicyclic) bond motifs is 3. The normalized spacial score (nSPS) is 12.9. The Morgan fingerprint density at radius 2 is 1.56 bits per heavy atom. The molecule has 4 aromatic carbocycles. The first kappa shape index (κ1) is 35.2. The Morgan fingerprint density at radius 1 is 0.750 bits per heavy atom. The van der Waals surface area contributed by atoms with Crippen molar-refractivity contribution in [2.24, 2.45) is 0 Å². The van der Waals surface area contributed by atoms with E-state index in [0.29, 0.717) is 11.5 Å². The summed E-state index contributed by atoms with van der Waals surface area (Å²) in [5, 5.41) is 2.16. The van der Waals surface area contributed by atoms with E-state index in [1.807, 2.05) is 61.6 Å². The molecular formula is C45H40N5OPt-3. The fourth-order valence-electron chi connectivity index (χ4n) is 7.21. The standard InChI is InChI=1S/C45H40N5O.Pt/c1-29-21-30(2)43(31(3)22-29)32-23-34(49-20-19-48(7)28-49)26-36(24-32)51-35-14-15-37-38-11-10-12-39(40-13-8-9-17-46-40)44(38)50(41(37)27-35)42-25-33(16-18-47-42)45(4,5)6;/h8-25,28H,1-7H3;/q-3;. The van der Waals surface area contributed by atoms with Crippen molar-refractivity contribution in [1.82, 2.24) is 19.4 Å². The average Bonchev–Trinajstić information content (AvgIpc) is 3.69. The number of benzene rings is 4. The molecule has 0 unspecified atom stereocenters. The number of para-hydroxylation sites is 1. The van der Waals surface area contributed by atoms with Gasteiger partial charge in [-0.15, -0.1) is 47.0 Å². The third-order valence-electron chi connectivity index (χ3n) is 9.52. The molecule has 264 valence electrons. The van der Waals surface area contributed by atoms with Crippen LogP contribution in [-0.4, -0.2) is 26.5 Å². The molecule has 0 spiro atoms. The van der Waals surface area contributed by atoms with Gasteiger partial charge >= 0.3 is 0 Å². The number of nitrogens with zero attached hydrogens (tertiary/aromatic N) is 5. The van der Waals surface area contributed by atoms with Crippen LogP contribution in [0.5, 0.6) is 11.5 Å².